The van der Waals surface area contributed by atoms with Crippen LogP contribution < -0.4 is 0 Å². The topological polar surface area (TPSA) is 53.4 Å². The number of aliphatic carboxylic acids is 1. The van der Waals surface area contributed by atoms with Crippen molar-refractivity contribution in [2.75, 3.05) is 6.54 Å². The lowest BCUT2D eigenvalue weighted by atomic mass is 9.94. The molecule has 4 rings (SSSR count). The Morgan fingerprint density at radius 3 is 3.05 bits per heavy atom. The summed E-state index contributed by atoms with van der Waals surface area (Å²) >= 11 is 1.68. The lowest BCUT2D eigenvalue weighted by molar-refractivity contribution is -0.143. The van der Waals surface area contributed by atoms with Gasteiger partial charge in [-0.3, -0.25) is 9.69 Å². The van der Waals surface area contributed by atoms with Crippen molar-refractivity contribution in [2.45, 2.75) is 31.8 Å². The molecule has 1 aliphatic carbocycles. The molecular weight excluding hydrogens is 284 g/mol. The summed E-state index contributed by atoms with van der Waals surface area (Å²) < 4.78 is 1.18. The Hall–Kier alpha value is -1.46. The molecule has 3 unspecified atom stereocenters. The molecule has 0 radical (unpaired) electrons. The third-order valence-corrected chi connectivity index (χ3v) is 5.94. The van der Waals surface area contributed by atoms with Crippen LogP contribution in [0.4, 0.5) is 0 Å². The number of carboxylic acid groups (broad SMARTS) is 1. The third-order valence-electron chi connectivity index (χ3n) is 4.92. The molecule has 2 aromatic rings. The second-order valence-electron chi connectivity index (χ2n) is 6.14. The maximum atomic E-state index is 11.7. The molecule has 1 N–H and O–H groups in total. The molecule has 21 heavy (non-hydrogen) atoms. The molecule has 0 bridgehead atoms. The van der Waals surface area contributed by atoms with Gasteiger partial charge in [-0.25, -0.2) is 4.98 Å². The van der Waals surface area contributed by atoms with E-state index in [1.165, 1.54) is 17.5 Å². The Morgan fingerprint density at radius 1 is 1.38 bits per heavy atom. The highest BCUT2D eigenvalue weighted by atomic mass is 32.1. The summed E-state index contributed by atoms with van der Waals surface area (Å²) in [6.07, 6.45) is 3.44. The van der Waals surface area contributed by atoms with Crippen LogP contribution in [0.2, 0.25) is 0 Å². The predicted octanol–water partition coefficient (Wildman–Crippen LogP) is 2.98. The van der Waals surface area contributed by atoms with E-state index in [-0.39, 0.29) is 6.04 Å². The highest BCUT2D eigenvalue weighted by Gasteiger charge is 2.47. The Balaban J connectivity index is 1.59. The second kappa shape index (κ2) is 5.07. The number of nitrogens with zero attached hydrogens (tertiary/aromatic N) is 2. The van der Waals surface area contributed by atoms with E-state index in [1.54, 1.807) is 11.3 Å². The molecule has 2 fully saturated rings. The van der Waals surface area contributed by atoms with Crippen molar-refractivity contribution in [3.05, 3.63) is 29.3 Å². The summed E-state index contributed by atoms with van der Waals surface area (Å²) in [5, 5.41) is 10.6. The Labute approximate surface area is 127 Å². The molecule has 0 spiro atoms. The summed E-state index contributed by atoms with van der Waals surface area (Å²) in [5.41, 5.74) is 1.02. The molecule has 1 aliphatic heterocycles. The molecule has 3 atom stereocenters. The molecule has 1 saturated heterocycles. The lowest BCUT2D eigenvalue weighted by Gasteiger charge is -2.22. The predicted molar refractivity (Wildman–Crippen MR) is 82.3 cm³/mol. The Kier molecular flexibility index (Phi) is 3.19. The van der Waals surface area contributed by atoms with Crippen molar-refractivity contribution in [3.8, 4) is 0 Å². The second-order valence-corrected chi connectivity index (χ2v) is 7.26. The molecule has 2 aliphatic rings. The third kappa shape index (κ3) is 2.24. The van der Waals surface area contributed by atoms with Gasteiger partial charge in [-0.1, -0.05) is 18.6 Å². The molecule has 1 aromatic heterocycles. The molecule has 4 nitrogen and oxygen atoms in total. The number of aromatic nitrogens is 1. The minimum atomic E-state index is -0.662. The summed E-state index contributed by atoms with van der Waals surface area (Å²) in [6, 6.07) is 7.79. The first kappa shape index (κ1) is 13.2. The fourth-order valence-corrected chi connectivity index (χ4v) is 5.05. The van der Waals surface area contributed by atoms with E-state index in [9.17, 15) is 9.90 Å². The molecule has 110 valence electrons. The van der Waals surface area contributed by atoms with E-state index < -0.39 is 5.97 Å². The average molecular weight is 302 g/mol. The largest absolute Gasteiger partial charge is 0.480 e. The van der Waals surface area contributed by atoms with Crippen molar-refractivity contribution in [1.82, 2.24) is 9.88 Å². The van der Waals surface area contributed by atoms with Crippen molar-refractivity contribution in [3.63, 3.8) is 0 Å². The first-order valence-corrected chi connectivity index (χ1v) is 8.35. The SMILES string of the molecule is O=C(O)C1C2CCCC2CN1Cc1nc2ccccc2s1. The molecule has 1 saturated carbocycles. The van der Waals surface area contributed by atoms with E-state index in [0.29, 0.717) is 18.4 Å². The zero-order valence-electron chi connectivity index (χ0n) is 11.7. The molecule has 1 aromatic carbocycles. The monoisotopic (exact) mass is 302 g/mol. The summed E-state index contributed by atoms with van der Waals surface area (Å²) in [5.74, 6) is 0.253. The van der Waals surface area contributed by atoms with Gasteiger partial charge in [0.25, 0.3) is 0 Å². The number of hydrogen-bond donors (Lipinski definition) is 1. The minimum absolute atomic E-state index is 0.315. The van der Waals surface area contributed by atoms with Crippen LogP contribution in [0.15, 0.2) is 24.3 Å². The van der Waals surface area contributed by atoms with E-state index in [1.807, 2.05) is 18.2 Å². The van der Waals surface area contributed by atoms with Crippen molar-refractivity contribution in [1.29, 1.82) is 0 Å². The quantitative estimate of drug-likeness (QED) is 0.947. The number of thiazole rings is 1. The molecular formula is C16H18N2O2S. The van der Waals surface area contributed by atoms with Crippen LogP contribution >= 0.6 is 11.3 Å². The maximum Gasteiger partial charge on any atom is 0.321 e. The van der Waals surface area contributed by atoms with Crippen LogP contribution in [0, 0.1) is 11.8 Å². The van der Waals surface area contributed by atoms with E-state index in [2.05, 4.69) is 16.0 Å². The van der Waals surface area contributed by atoms with Crippen molar-refractivity contribution in [2.24, 2.45) is 11.8 Å². The van der Waals surface area contributed by atoms with Gasteiger partial charge in [0, 0.05) is 6.54 Å². The number of carbonyl (C=O) groups is 1. The first-order chi connectivity index (χ1) is 10.2. The molecule has 0 amide bonds. The highest BCUT2D eigenvalue weighted by molar-refractivity contribution is 7.18. The van der Waals surface area contributed by atoms with Crippen LogP contribution in [0.1, 0.15) is 24.3 Å². The standard InChI is InChI=1S/C16H18N2O2S/c19-16(20)15-11-5-3-4-10(11)8-18(15)9-14-17-12-6-1-2-7-13(12)21-14/h1-2,6-7,10-11,15H,3-5,8-9H2,(H,19,20). The zero-order chi connectivity index (χ0) is 14.4. The summed E-state index contributed by atoms with van der Waals surface area (Å²) in [6.45, 7) is 1.58. The van der Waals surface area contributed by atoms with Gasteiger partial charge in [0.2, 0.25) is 0 Å². The van der Waals surface area contributed by atoms with Crippen LogP contribution in [0.5, 0.6) is 0 Å². The summed E-state index contributed by atoms with van der Waals surface area (Å²) in [7, 11) is 0. The van der Waals surface area contributed by atoms with Gasteiger partial charge in [-0.15, -0.1) is 11.3 Å². The van der Waals surface area contributed by atoms with Crippen molar-refractivity contribution >= 4 is 27.5 Å². The van der Waals surface area contributed by atoms with Gasteiger partial charge in [-0.2, -0.15) is 0 Å². The number of hydrogen-bond acceptors (Lipinski definition) is 4. The van der Waals surface area contributed by atoms with Crippen LogP contribution in [0.3, 0.4) is 0 Å². The number of likely N-dealkylation sites (tertiary alicyclic amines) is 1. The normalized spacial score (nSPS) is 29.0. The first-order valence-electron chi connectivity index (χ1n) is 7.53. The van der Waals surface area contributed by atoms with Crippen molar-refractivity contribution < 1.29 is 9.90 Å². The number of para-hydroxylation sites is 1. The fraction of sp³-hybridized carbons (Fsp3) is 0.500. The zero-order valence-corrected chi connectivity index (χ0v) is 12.6. The fourth-order valence-electron chi connectivity index (χ4n) is 4.06. The Bertz CT molecular complexity index is 651. The smallest absolute Gasteiger partial charge is 0.321 e. The van der Waals surface area contributed by atoms with E-state index in [0.717, 1.165) is 23.5 Å². The van der Waals surface area contributed by atoms with Crippen LogP contribution in [0.25, 0.3) is 10.2 Å². The average Bonchev–Trinajstić information content (AvgIpc) is 3.10. The maximum absolute atomic E-state index is 11.7. The van der Waals surface area contributed by atoms with Gasteiger partial charge in [0.15, 0.2) is 0 Å². The van der Waals surface area contributed by atoms with Gasteiger partial charge in [-0.05, 0) is 36.8 Å². The van der Waals surface area contributed by atoms with Gasteiger partial charge in [0.05, 0.1) is 16.8 Å². The Morgan fingerprint density at radius 2 is 2.24 bits per heavy atom. The lowest BCUT2D eigenvalue weighted by Crippen LogP contribution is -2.39. The number of carboxylic acids is 1. The van der Waals surface area contributed by atoms with E-state index in [4.69, 9.17) is 0 Å². The summed E-state index contributed by atoms with van der Waals surface area (Å²) in [4.78, 5) is 18.4. The molecule has 5 heteroatoms. The van der Waals surface area contributed by atoms with Gasteiger partial charge < -0.3 is 5.11 Å². The number of rotatable bonds is 3. The van der Waals surface area contributed by atoms with Gasteiger partial charge >= 0.3 is 5.97 Å². The molecule has 2 heterocycles. The number of benzene rings is 1. The van der Waals surface area contributed by atoms with Gasteiger partial charge in [0.1, 0.15) is 11.0 Å². The van der Waals surface area contributed by atoms with E-state index >= 15 is 0 Å². The van der Waals surface area contributed by atoms with Crippen LogP contribution in [-0.4, -0.2) is 33.5 Å². The minimum Gasteiger partial charge on any atom is -0.480 e. The number of fused-ring (bicyclic) bond motifs is 2. The van der Waals surface area contributed by atoms with Crippen LogP contribution in [-0.2, 0) is 11.3 Å². The highest BCUT2D eigenvalue weighted by Crippen LogP contribution is 2.43.